The van der Waals surface area contributed by atoms with Crippen LogP contribution in [-0.2, 0) is 4.74 Å². The summed E-state index contributed by atoms with van der Waals surface area (Å²) in [6.45, 7) is 2.89. The summed E-state index contributed by atoms with van der Waals surface area (Å²) in [7, 11) is 0. The van der Waals surface area contributed by atoms with Crippen LogP contribution < -0.4 is 5.32 Å². The van der Waals surface area contributed by atoms with Crippen molar-refractivity contribution in [1.29, 1.82) is 0 Å². The second-order valence-corrected chi connectivity index (χ2v) is 6.34. The highest BCUT2D eigenvalue weighted by molar-refractivity contribution is 5.20. The summed E-state index contributed by atoms with van der Waals surface area (Å²) < 4.78 is 19.9. The van der Waals surface area contributed by atoms with Crippen LogP contribution >= 0.6 is 0 Å². The average Bonchev–Trinajstić information content (AvgIpc) is 2.87. The molecule has 20 heavy (non-hydrogen) atoms. The molecule has 1 heterocycles. The zero-order chi connectivity index (χ0) is 14.0. The molecule has 2 nitrogen and oxygen atoms in total. The lowest BCUT2D eigenvalue weighted by Gasteiger charge is -2.39. The van der Waals surface area contributed by atoms with Gasteiger partial charge in [0, 0.05) is 24.3 Å². The van der Waals surface area contributed by atoms with Crippen molar-refractivity contribution in [1.82, 2.24) is 5.32 Å². The van der Waals surface area contributed by atoms with Gasteiger partial charge in [-0.15, -0.1) is 0 Å². The number of halogens is 1. The summed E-state index contributed by atoms with van der Waals surface area (Å²) in [6.07, 6.45) is 7.07. The van der Waals surface area contributed by atoms with Gasteiger partial charge in [0.05, 0.1) is 5.60 Å². The van der Waals surface area contributed by atoms with E-state index in [-0.39, 0.29) is 17.5 Å². The van der Waals surface area contributed by atoms with Crippen molar-refractivity contribution in [2.24, 2.45) is 0 Å². The second-order valence-electron chi connectivity index (χ2n) is 6.34. The lowest BCUT2D eigenvalue weighted by Crippen LogP contribution is -2.46. The third-order valence-corrected chi connectivity index (χ3v) is 4.87. The Morgan fingerprint density at radius 2 is 2.05 bits per heavy atom. The van der Waals surface area contributed by atoms with E-state index in [1.165, 1.54) is 31.7 Å². The number of hydrogen-bond donors (Lipinski definition) is 1. The van der Waals surface area contributed by atoms with Crippen molar-refractivity contribution in [3.05, 3.63) is 35.6 Å². The molecule has 3 heteroatoms. The predicted molar refractivity (Wildman–Crippen MR) is 78.1 cm³/mol. The standard InChI is InChI=1S/C17H24FNO/c1-13(15-6-2-3-7-16(15)18)19-14-8-11-20-17(12-14)9-4-5-10-17/h2-3,6-7,13-14,19H,4-5,8-12H2,1H3/t13-,14?/m1/s1. The maximum Gasteiger partial charge on any atom is 0.127 e. The lowest BCUT2D eigenvalue weighted by atomic mass is 9.88. The van der Waals surface area contributed by atoms with Gasteiger partial charge in [-0.25, -0.2) is 4.39 Å². The van der Waals surface area contributed by atoms with Gasteiger partial charge in [-0.2, -0.15) is 0 Å². The molecule has 1 unspecified atom stereocenters. The molecular weight excluding hydrogens is 253 g/mol. The van der Waals surface area contributed by atoms with Crippen LogP contribution in [0.15, 0.2) is 24.3 Å². The van der Waals surface area contributed by atoms with Crippen molar-refractivity contribution in [2.75, 3.05) is 6.61 Å². The molecule has 1 saturated carbocycles. The predicted octanol–water partition coefficient (Wildman–Crippen LogP) is 3.97. The maximum atomic E-state index is 13.8. The Kier molecular flexibility index (Phi) is 4.08. The SMILES string of the molecule is C[C@@H](NC1CCOC2(CCCC2)C1)c1ccccc1F. The molecule has 1 aromatic carbocycles. The Hall–Kier alpha value is -0.930. The van der Waals surface area contributed by atoms with Gasteiger partial charge < -0.3 is 10.1 Å². The van der Waals surface area contributed by atoms with Crippen molar-refractivity contribution in [3.63, 3.8) is 0 Å². The fraction of sp³-hybridized carbons (Fsp3) is 0.647. The van der Waals surface area contributed by atoms with Crippen molar-refractivity contribution in [2.45, 2.75) is 63.1 Å². The molecule has 1 spiro atoms. The van der Waals surface area contributed by atoms with E-state index in [1.807, 2.05) is 12.1 Å². The van der Waals surface area contributed by atoms with E-state index in [9.17, 15) is 4.39 Å². The minimum atomic E-state index is -0.116. The van der Waals surface area contributed by atoms with Gasteiger partial charge in [0.1, 0.15) is 5.82 Å². The zero-order valence-electron chi connectivity index (χ0n) is 12.2. The molecule has 2 aliphatic rings. The number of rotatable bonds is 3. The lowest BCUT2D eigenvalue weighted by molar-refractivity contribution is -0.0846. The highest BCUT2D eigenvalue weighted by Crippen LogP contribution is 2.40. The van der Waals surface area contributed by atoms with Gasteiger partial charge in [0.25, 0.3) is 0 Å². The Balaban J connectivity index is 1.64. The first-order chi connectivity index (χ1) is 9.69. The molecule has 1 N–H and O–H groups in total. The maximum absolute atomic E-state index is 13.8. The summed E-state index contributed by atoms with van der Waals surface area (Å²) in [5.41, 5.74) is 0.879. The highest BCUT2D eigenvalue weighted by atomic mass is 19.1. The fourth-order valence-corrected chi connectivity index (χ4v) is 3.81. The molecule has 1 aliphatic heterocycles. The Bertz CT molecular complexity index is 456. The van der Waals surface area contributed by atoms with Crippen LogP contribution in [-0.4, -0.2) is 18.2 Å². The Morgan fingerprint density at radius 1 is 1.30 bits per heavy atom. The van der Waals surface area contributed by atoms with E-state index < -0.39 is 0 Å². The molecule has 1 aliphatic carbocycles. The largest absolute Gasteiger partial charge is 0.375 e. The smallest absolute Gasteiger partial charge is 0.127 e. The molecule has 0 bridgehead atoms. The highest BCUT2D eigenvalue weighted by Gasteiger charge is 2.40. The Morgan fingerprint density at radius 3 is 2.80 bits per heavy atom. The normalized spacial score (nSPS) is 26.8. The molecule has 1 saturated heterocycles. The van der Waals surface area contributed by atoms with E-state index in [0.29, 0.717) is 6.04 Å². The fourth-order valence-electron chi connectivity index (χ4n) is 3.81. The molecule has 0 amide bonds. The molecule has 1 aromatic rings. The molecule has 0 radical (unpaired) electrons. The topological polar surface area (TPSA) is 21.3 Å². The number of nitrogens with one attached hydrogen (secondary N) is 1. The first-order valence-electron chi connectivity index (χ1n) is 7.83. The first kappa shape index (κ1) is 14.0. The van der Waals surface area contributed by atoms with E-state index in [4.69, 9.17) is 4.74 Å². The average molecular weight is 277 g/mol. The van der Waals surface area contributed by atoms with Gasteiger partial charge in [-0.1, -0.05) is 31.0 Å². The van der Waals surface area contributed by atoms with Crippen molar-refractivity contribution < 1.29 is 9.13 Å². The third kappa shape index (κ3) is 2.89. The molecule has 0 aromatic heterocycles. The zero-order valence-corrected chi connectivity index (χ0v) is 12.2. The number of benzene rings is 1. The molecule has 110 valence electrons. The monoisotopic (exact) mass is 277 g/mol. The number of ether oxygens (including phenoxy) is 1. The third-order valence-electron chi connectivity index (χ3n) is 4.87. The van der Waals surface area contributed by atoms with Crippen LogP contribution in [0, 0.1) is 5.82 Å². The van der Waals surface area contributed by atoms with Crippen LogP contribution in [0.3, 0.4) is 0 Å². The summed E-state index contributed by atoms with van der Waals surface area (Å²) >= 11 is 0. The minimum Gasteiger partial charge on any atom is -0.375 e. The van der Waals surface area contributed by atoms with Gasteiger partial charge in [0.2, 0.25) is 0 Å². The van der Waals surface area contributed by atoms with Gasteiger partial charge in [-0.3, -0.25) is 0 Å². The summed E-state index contributed by atoms with van der Waals surface area (Å²) in [5, 5.41) is 3.61. The summed E-state index contributed by atoms with van der Waals surface area (Å²) in [4.78, 5) is 0. The van der Waals surface area contributed by atoms with Crippen LogP contribution in [0.5, 0.6) is 0 Å². The van der Waals surface area contributed by atoms with Crippen molar-refractivity contribution >= 4 is 0 Å². The Labute approximate surface area is 120 Å². The molecule has 2 atom stereocenters. The number of hydrogen-bond acceptors (Lipinski definition) is 2. The van der Waals surface area contributed by atoms with Crippen LogP contribution in [0.4, 0.5) is 4.39 Å². The van der Waals surface area contributed by atoms with E-state index >= 15 is 0 Å². The molecule has 3 rings (SSSR count). The van der Waals surface area contributed by atoms with E-state index in [1.54, 1.807) is 6.07 Å². The van der Waals surface area contributed by atoms with Gasteiger partial charge in [-0.05, 0) is 38.7 Å². The van der Waals surface area contributed by atoms with Crippen LogP contribution in [0.2, 0.25) is 0 Å². The van der Waals surface area contributed by atoms with Crippen LogP contribution in [0.1, 0.15) is 57.1 Å². The van der Waals surface area contributed by atoms with E-state index in [0.717, 1.165) is 25.0 Å². The van der Waals surface area contributed by atoms with E-state index in [2.05, 4.69) is 12.2 Å². The minimum absolute atomic E-state index is 0.0535. The van der Waals surface area contributed by atoms with Crippen molar-refractivity contribution in [3.8, 4) is 0 Å². The summed E-state index contributed by atoms with van der Waals surface area (Å²) in [5.74, 6) is -0.116. The second kappa shape index (κ2) is 5.82. The van der Waals surface area contributed by atoms with Gasteiger partial charge >= 0.3 is 0 Å². The molecular formula is C17H24FNO. The van der Waals surface area contributed by atoms with Crippen LogP contribution in [0.25, 0.3) is 0 Å². The first-order valence-corrected chi connectivity index (χ1v) is 7.83. The quantitative estimate of drug-likeness (QED) is 0.902. The van der Waals surface area contributed by atoms with Gasteiger partial charge in [0.15, 0.2) is 0 Å². The summed E-state index contributed by atoms with van der Waals surface area (Å²) in [6, 6.07) is 7.55. The molecule has 2 fully saturated rings.